The second kappa shape index (κ2) is 11.2. The van der Waals surface area contributed by atoms with Gasteiger partial charge in [0.1, 0.15) is 12.6 Å². The summed E-state index contributed by atoms with van der Waals surface area (Å²) >= 11 is 0. The molecule has 4 N–H and O–H groups in total. The molecule has 0 fully saturated rings. The van der Waals surface area contributed by atoms with Crippen molar-refractivity contribution in [3.63, 3.8) is 0 Å². The van der Waals surface area contributed by atoms with Crippen molar-refractivity contribution in [2.24, 2.45) is 5.10 Å². The van der Waals surface area contributed by atoms with E-state index in [-0.39, 0.29) is 26.9 Å². The fraction of sp³-hybridized carbons (Fsp3) is 0.765. The Balaban J connectivity index is 0. The van der Waals surface area contributed by atoms with Gasteiger partial charge in [-0.15, -0.1) is 0 Å². The fourth-order valence-corrected chi connectivity index (χ4v) is 2.21. The molecule has 0 saturated carbocycles. The summed E-state index contributed by atoms with van der Waals surface area (Å²) in [6.07, 6.45) is -0.935. The molecule has 0 radical (unpaired) electrons. The van der Waals surface area contributed by atoms with Gasteiger partial charge in [-0.3, -0.25) is 4.79 Å². The van der Waals surface area contributed by atoms with Crippen LogP contribution in [0.1, 0.15) is 34.6 Å². The number of carbonyl (C=O) groups excluding carboxylic acids is 1. The second-order valence-corrected chi connectivity index (χ2v) is 7.83. The van der Waals surface area contributed by atoms with Crippen LogP contribution in [0.15, 0.2) is 16.4 Å². The second-order valence-electron chi connectivity index (χ2n) is 7.83. The van der Waals surface area contributed by atoms with Crippen molar-refractivity contribution in [2.75, 3.05) is 41.3 Å². The Kier molecular flexibility index (Phi) is 11.6. The topological polar surface area (TPSA) is 129 Å². The van der Waals surface area contributed by atoms with Crippen molar-refractivity contribution >= 4 is 11.8 Å². The maximum atomic E-state index is 12.0. The van der Waals surface area contributed by atoms with E-state index in [1.54, 1.807) is 55.9 Å². The quantitative estimate of drug-likeness (QED) is 0.249. The summed E-state index contributed by atoms with van der Waals surface area (Å²) in [5, 5.41) is 36.5. The number of aliphatic hydroxyl groups is 2. The summed E-state index contributed by atoms with van der Waals surface area (Å²) in [6, 6.07) is 0. The van der Waals surface area contributed by atoms with Gasteiger partial charge in [-0.25, -0.2) is 4.59 Å². The molecule has 0 aliphatic rings. The lowest BCUT2D eigenvalue weighted by Gasteiger charge is -2.33. The van der Waals surface area contributed by atoms with Crippen LogP contribution < -0.4 is 10.4 Å². The summed E-state index contributed by atoms with van der Waals surface area (Å²) in [6.45, 7) is 8.93. The standard InChI is InChI=1S/C12H23N3O3.C5H14N2O/c1-8(2)11(13-10(4)17)12(18)14-15(5,6)7-9(3)16;1-5(8)4-7(2,3)6/h9,16H,7H2,1-6H3,(H-,13,14,17,18);5-6,8H,4H2,1-3H3. The zero-order valence-electron chi connectivity index (χ0n) is 17.6. The molecule has 154 valence electrons. The Hall–Kier alpha value is -1.52. The van der Waals surface area contributed by atoms with Crippen molar-refractivity contribution < 1.29 is 29.3 Å². The van der Waals surface area contributed by atoms with Crippen LogP contribution in [0, 0.1) is 0 Å². The van der Waals surface area contributed by atoms with Crippen LogP contribution in [0.25, 0.3) is 5.84 Å². The first-order valence-electron chi connectivity index (χ1n) is 8.46. The van der Waals surface area contributed by atoms with Gasteiger partial charge in [0.05, 0.1) is 52.4 Å². The highest BCUT2D eigenvalue weighted by Crippen LogP contribution is 2.06. The summed E-state index contributed by atoms with van der Waals surface area (Å²) in [4.78, 5) is 11.0. The Labute approximate surface area is 157 Å². The largest absolute Gasteiger partial charge is 0.854 e. The monoisotopic (exact) mass is 375 g/mol. The minimum Gasteiger partial charge on any atom is -0.854 e. The lowest BCUT2D eigenvalue weighted by atomic mass is 10.2. The van der Waals surface area contributed by atoms with Crippen LogP contribution in [0.3, 0.4) is 0 Å². The molecule has 0 bridgehead atoms. The van der Waals surface area contributed by atoms with E-state index < -0.39 is 12.0 Å². The number of quaternary nitrogens is 2. The first-order chi connectivity index (χ1) is 11.5. The Morgan fingerprint density at radius 2 is 1.50 bits per heavy atom. The predicted octanol–water partition coefficient (Wildman–Crippen LogP) is -0.0418. The number of rotatable bonds is 7. The number of amides is 1. The normalized spacial score (nSPS) is 14.7. The molecular weight excluding hydrogens is 338 g/mol. The van der Waals surface area contributed by atoms with Crippen LogP contribution in [0.2, 0.25) is 0 Å². The number of carbonyl (C=O) groups is 1. The summed E-state index contributed by atoms with van der Waals surface area (Å²) in [5.41, 5.74) is 0.885. The zero-order chi connectivity index (χ0) is 21.3. The predicted molar refractivity (Wildman–Crippen MR) is 101 cm³/mol. The van der Waals surface area contributed by atoms with Gasteiger partial charge in [-0.1, -0.05) is 10.7 Å². The van der Waals surface area contributed by atoms with Gasteiger partial charge in [0.2, 0.25) is 5.91 Å². The molecule has 0 aromatic rings. The van der Waals surface area contributed by atoms with Crippen molar-refractivity contribution in [1.82, 2.24) is 5.32 Å². The molecule has 26 heavy (non-hydrogen) atoms. The summed E-state index contributed by atoms with van der Waals surface area (Å²) < 4.78 is 0.0878. The molecule has 2 unspecified atom stereocenters. The van der Waals surface area contributed by atoms with E-state index in [4.69, 9.17) is 10.9 Å². The van der Waals surface area contributed by atoms with Gasteiger partial charge in [0, 0.05) is 6.92 Å². The van der Waals surface area contributed by atoms with E-state index in [0.29, 0.717) is 18.7 Å². The number of hydrogen-bond donors (Lipinski definition) is 3. The third-order valence-corrected chi connectivity index (χ3v) is 2.81. The fourth-order valence-electron chi connectivity index (χ4n) is 2.21. The minimum absolute atomic E-state index is 0.00681. The van der Waals surface area contributed by atoms with E-state index in [9.17, 15) is 15.0 Å². The van der Waals surface area contributed by atoms with Crippen LogP contribution >= 0.6 is 0 Å². The van der Waals surface area contributed by atoms with Crippen molar-refractivity contribution in [2.45, 2.75) is 46.8 Å². The smallest absolute Gasteiger partial charge is 0.221 e. The molecule has 0 aromatic heterocycles. The number of aliphatic hydroxyl groups excluding tert-OH is 2. The molecule has 0 saturated heterocycles. The Bertz CT molecular complexity index is 502. The van der Waals surface area contributed by atoms with Crippen molar-refractivity contribution in [3.05, 3.63) is 17.1 Å². The molecule has 9 nitrogen and oxygen atoms in total. The molecular formula is C17H37N5O4. The third kappa shape index (κ3) is 16.0. The molecule has 9 heteroatoms. The lowest BCUT2D eigenvalue weighted by molar-refractivity contribution is -0.900. The van der Waals surface area contributed by atoms with Crippen LogP contribution in [0.5, 0.6) is 0 Å². The van der Waals surface area contributed by atoms with Crippen molar-refractivity contribution in [1.29, 1.82) is 0 Å². The average Bonchev–Trinajstić information content (AvgIpc) is 2.30. The molecule has 0 aromatic carbocycles. The molecule has 2 atom stereocenters. The number of nitrogens with zero attached hydrogens (tertiary/aromatic N) is 3. The average molecular weight is 376 g/mol. The summed E-state index contributed by atoms with van der Waals surface area (Å²) in [5.74, 6) is 6.44. The highest BCUT2D eigenvalue weighted by molar-refractivity contribution is 5.94. The first-order valence-corrected chi connectivity index (χ1v) is 8.46. The van der Waals surface area contributed by atoms with Gasteiger partial charge in [0.25, 0.3) is 0 Å². The van der Waals surface area contributed by atoms with E-state index in [2.05, 4.69) is 10.4 Å². The first kappa shape index (κ1) is 26.7. The van der Waals surface area contributed by atoms with Crippen LogP contribution in [0.4, 0.5) is 0 Å². The van der Waals surface area contributed by atoms with Crippen molar-refractivity contribution in [3.8, 4) is 0 Å². The highest BCUT2D eigenvalue weighted by atomic mass is 16.3. The number of likely N-dealkylation sites (N-methyl/N-ethyl adjacent to an activating group) is 2. The minimum atomic E-state index is -0.563. The molecule has 0 rings (SSSR count). The lowest BCUT2D eigenvalue weighted by Crippen LogP contribution is -2.44. The van der Waals surface area contributed by atoms with Crippen LogP contribution in [-0.4, -0.2) is 84.7 Å². The number of hydrogen-bond acceptors (Lipinski definition) is 5. The van der Waals surface area contributed by atoms with Gasteiger partial charge in [0.15, 0.2) is 0 Å². The van der Waals surface area contributed by atoms with E-state index in [1.165, 1.54) is 6.92 Å². The highest BCUT2D eigenvalue weighted by Gasteiger charge is 2.18. The Morgan fingerprint density at radius 1 is 1.08 bits per heavy atom. The zero-order valence-corrected chi connectivity index (χ0v) is 17.6. The molecule has 0 aliphatic carbocycles. The number of nitrogens with one attached hydrogen (secondary N) is 2. The summed E-state index contributed by atoms with van der Waals surface area (Å²) in [7, 11) is 6.88. The van der Waals surface area contributed by atoms with E-state index in [0.717, 1.165) is 0 Å². The SMILES string of the molecule is CC(=O)NC(C([O-])=N[N+](C)(C)CC(C)O)=C(C)C.CC(O)C[N+](C)(C)[NH-]. The maximum absolute atomic E-state index is 12.0. The molecule has 0 spiro atoms. The number of allylic oxidation sites excluding steroid dienone is 1. The molecule has 0 heterocycles. The molecule has 1 amide bonds. The van der Waals surface area contributed by atoms with E-state index in [1.807, 2.05) is 0 Å². The maximum Gasteiger partial charge on any atom is 0.221 e. The van der Waals surface area contributed by atoms with Gasteiger partial charge < -0.3 is 31.1 Å². The van der Waals surface area contributed by atoms with E-state index >= 15 is 0 Å². The third-order valence-electron chi connectivity index (χ3n) is 2.81. The van der Waals surface area contributed by atoms with Gasteiger partial charge >= 0.3 is 0 Å². The van der Waals surface area contributed by atoms with Crippen LogP contribution in [-0.2, 0) is 4.79 Å². The van der Waals surface area contributed by atoms with Gasteiger partial charge in [-0.05, 0) is 27.7 Å². The molecule has 0 aliphatic heterocycles. The Morgan fingerprint density at radius 3 is 1.73 bits per heavy atom. The van der Waals surface area contributed by atoms with Gasteiger partial charge in [-0.2, -0.15) is 0 Å².